The van der Waals surface area contributed by atoms with Crippen LogP contribution in [-0.2, 0) is 0 Å². The Morgan fingerprint density at radius 1 is 1.00 bits per heavy atom. The van der Waals surface area contributed by atoms with E-state index in [2.05, 4.69) is 27.4 Å². The maximum Gasteiger partial charge on any atom is -0.0206 e. The molecule has 0 heteroatoms. The highest BCUT2D eigenvalue weighted by molar-refractivity contribution is 4.97. The molecule has 1 fully saturated rings. The molecular weight excluding hydrogens is 156 g/mol. The van der Waals surface area contributed by atoms with Crippen LogP contribution in [0.4, 0.5) is 0 Å². The zero-order chi connectivity index (χ0) is 9.84. The average molecular weight is 180 g/mol. The van der Waals surface area contributed by atoms with Gasteiger partial charge in [-0.25, -0.2) is 0 Å². The summed E-state index contributed by atoms with van der Waals surface area (Å²) in [6.07, 6.45) is 7.02. The third-order valence-corrected chi connectivity index (χ3v) is 3.54. The first-order chi connectivity index (χ1) is 6.09. The second-order valence-electron chi connectivity index (χ2n) is 5.14. The zero-order valence-electron chi connectivity index (χ0n) is 9.47. The van der Waals surface area contributed by atoms with E-state index >= 15 is 0 Å². The molecular formula is C13H24. The lowest BCUT2D eigenvalue weighted by Crippen LogP contribution is -2.14. The van der Waals surface area contributed by atoms with Crippen LogP contribution in [0.25, 0.3) is 0 Å². The second-order valence-corrected chi connectivity index (χ2v) is 5.14. The summed E-state index contributed by atoms with van der Waals surface area (Å²) in [6.45, 7) is 11.1. The van der Waals surface area contributed by atoms with Crippen LogP contribution < -0.4 is 0 Å². The highest BCUT2D eigenvalue weighted by atomic mass is 14.2. The van der Waals surface area contributed by atoms with Crippen LogP contribution in [0.15, 0.2) is 12.2 Å². The Labute approximate surface area is 83.4 Å². The quantitative estimate of drug-likeness (QED) is 0.524. The molecule has 0 aromatic rings. The maximum absolute atomic E-state index is 4.11. The van der Waals surface area contributed by atoms with Crippen molar-refractivity contribution >= 4 is 0 Å². The van der Waals surface area contributed by atoms with Gasteiger partial charge >= 0.3 is 0 Å². The fraction of sp³-hybridized carbons (Fsp3) is 0.846. The number of hydrogen-bond donors (Lipinski definition) is 0. The predicted molar refractivity (Wildman–Crippen MR) is 59.7 cm³/mol. The molecule has 0 amide bonds. The Hall–Kier alpha value is -0.260. The first kappa shape index (κ1) is 10.8. The summed E-state index contributed by atoms with van der Waals surface area (Å²) in [4.78, 5) is 0. The molecule has 1 aliphatic carbocycles. The molecule has 3 atom stereocenters. The minimum Gasteiger partial charge on any atom is -0.0999 e. The molecule has 1 rings (SSSR count). The Morgan fingerprint density at radius 2 is 1.54 bits per heavy atom. The minimum atomic E-state index is 0.803. The molecule has 0 spiro atoms. The largest absolute Gasteiger partial charge is 0.0999 e. The van der Waals surface area contributed by atoms with E-state index in [9.17, 15) is 0 Å². The van der Waals surface area contributed by atoms with Gasteiger partial charge in [-0.15, -0.1) is 0 Å². The SMILES string of the molecule is C=C(C)C1CCC(C)CCC(C)C1. The molecule has 0 radical (unpaired) electrons. The van der Waals surface area contributed by atoms with E-state index in [1.165, 1.54) is 37.7 Å². The smallest absolute Gasteiger partial charge is 0.0206 e. The van der Waals surface area contributed by atoms with Gasteiger partial charge in [-0.1, -0.05) is 45.3 Å². The van der Waals surface area contributed by atoms with Gasteiger partial charge < -0.3 is 0 Å². The Kier molecular flexibility index (Phi) is 4.02. The van der Waals surface area contributed by atoms with Crippen molar-refractivity contribution in [3.63, 3.8) is 0 Å². The number of rotatable bonds is 1. The summed E-state index contributed by atoms with van der Waals surface area (Å²) in [5.74, 6) is 2.65. The number of allylic oxidation sites excluding steroid dienone is 1. The summed E-state index contributed by atoms with van der Waals surface area (Å²) in [5.41, 5.74) is 1.40. The molecule has 1 aliphatic rings. The predicted octanol–water partition coefficient (Wildman–Crippen LogP) is 4.42. The van der Waals surface area contributed by atoms with Crippen LogP contribution in [0, 0.1) is 17.8 Å². The van der Waals surface area contributed by atoms with Gasteiger partial charge in [-0.2, -0.15) is 0 Å². The van der Waals surface area contributed by atoms with Crippen LogP contribution in [0.3, 0.4) is 0 Å². The van der Waals surface area contributed by atoms with Crippen molar-refractivity contribution in [3.05, 3.63) is 12.2 Å². The summed E-state index contributed by atoms with van der Waals surface area (Å²) >= 11 is 0. The molecule has 3 unspecified atom stereocenters. The van der Waals surface area contributed by atoms with Gasteiger partial charge in [0.15, 0.2) is 0 Å². The standard InChI is InChI=1S/C13H24/c1-10(2)13-8-7-11(3)5-6-12(4)9-13/h11-13H,1,5-9H2,2-4H3. The lowest BCUT2D eigenvalue weighted by Gasteiger charge is -2.27. The lowest BCUT2D eigenvalue weighted by molar-refractivity contribution is 0.296. The molecule has 0 aromatic carbocycles. The average Bonchev–Trinajstić information content (AvgIpc) is 2.05. The van der Waals surface area contributed by atoms with E-state index in [4.69, 9.17) is 0 Å². The summed E-state index contributed by atoms with van der Waals surface area (Å²) in [5, 5.41) is 0. The van der Waals surface area contributed by atoms with Crippen molar-refractivity contribution < 1.29 is 0 Å². The van der Waals surface area contributed by atoms with E-state index in [0.717, 1.165) is 17.8 Å². The van der Waals surface area contributed by atoms with Gasteiger partial charge in [-0.3, -0.25) is 0 Å². The van der Waals surface area contributed by atoms with Gasteiger partial charge in [0, 0.05) is 0 Å². The highest BCUT2D eigenvalue weighted by Gasteiger charge is 2.18. The van der Waals surface area contributed by atoms with E-state index in [1.54, 1.807) is 0 Å². The van der Waals surface area contributed by atoms with E-state index in [0.29, 0.717) is 0 Å². The normalized spacial score (nSPS) is 36.4. The summed E-state index contributed by atoms with van der Waals surface area (Å²) in [6, 6.07) is 0. The molecule has 0 bridgehead atoms. The lowest BCUT2D eigenvalue weighted by atomic mass is 9.79. The van der Waals surface area contributed by atoms with E-state index < -0.39 is 0 Å². The van der Waals surface area contributed by atoms with Crippen molar-refractivity contribution in [2.75, 3.05) is 0 Å². The molecule has 0 saturated heterocycles. The minimum absolute atomic E-state index is 0.803. The summed E-state index contributed by atoms with van der Waals surface area (Å²) < 4.78 is 0. The molecule has 0 nitrogen and oxygen atoms in total. The second kappa shape index (κ2) is 4.83. The van der Waals surface area contributed by atoms with Gasteiger partial charge in [-0.05, 0) is 37.5 Å². The molecule has 0 heterocycles. The van der Waals surface area contributed by atoms with Crippen LogP contribution >= 0.6 is 0 Å². The third-order valence-electron chi connectivity index (χ3n) is 3.54. The van der Waals surface area contributed by atoms with Gasteiger partial charge in [0.25, 0.3) is 0 Å². The van der Waals surface area contributed by atoms with Crippen molar-refractivity contribution in [2.24, 2.45) is 17.8 Å². The number of hydrogen-bond acceptors (Lipinski definition) is 0. The summed E-state index contributed by atoms with van der Waals surface area (Å²) in [7, 11) is 0. The molecule has 76 valence electrons. The molecule has 0 aliphatic heterocycles. The van der Waals surface area contributed by atoms with E-state index in [-0.39, 0.29) is 0 Å². The molecule has 0 N–H and O–H groups in total. The molecule has 13 heavy (non-hydrogen) atoms. The third kappa shape index (κ3) is 3.54. The highest BCUT2D eigenvalue weighted by Crippen LogP contribution is 2.32. The van der Waals surface area contributed by atoms with Gasteiger partial charge in [0.05, 0.1) is 0 Å². The van der Waals surface area contributed by atoms with Gasteiger partial charge in [0.1, 0.15) is 0 Å². The van der Waals surface area contributed by atoms with Crippen molar-refractivity contribution in [1.29, 1.82) is 0 Å². The van der Waals surface area contributed by atoms with Crippen molar-refractivity contribution in [3.8, 4) is 0 Å². The van der Waals surface area contributed by atoms with Crippen LogP contribution in [0.2, 0.25) is 0 Å². The van der Waals surface area contributed by atoms with E-state index in [1.807, 2.05) is 0 Å². The topological polar surface area (TPSA) is 0 Å². The van der Waals surface area contributed by atoms with Gasteiger partial charge in [0.2, 0.25) is 0 Å². The maximum atomic E-state index is 4.11. The zero-order valence-corrected chi connectivity index (χ0v) is 9.47. The van der Waals surface area contributed by atoms with Crippen LogP contribution in [0.5, 0.6) is 0 Å². The molecule has 0 aromatic heterocycles. The first-order valence-corrected chi connectivity index (χ1v) is 5.75. The van der Waals surface area contributed by atoms with Crippen molar-refractivity contribution in [2.45, 2.75) is 52.9 Å². The fourth-order valence-corrected chi connectivity index (χ4v) is 2.37. The Balaban J connectivity index is 2.50. The monoisotopic (exact) mass is 180 g/mol. The molecule has 1 saturated carbocycles. The Morgan fingerprint density at radius 3 is 2.15 bits per heavy atom. The fourth-order valence-electron chi connectivity index (χ4n) is 2.37. The Bertz CT molecular complexity index is 169. The first-order valence-electron chi connectivity index (χ1n) is 5.75. The van der Waals surface area contributed by atoms with Crippen molar-refractivity contribution in [1.82, 2.24) is 0 Å². The van der Waals surface area contributed by atoms with Crippen LogP contribution in [-0.4, -0.2) is 0 Å². The van der Waals surface area contributed by atoms with Crippen LogP contribution in [0.1, 0.15) is 52.9 Å².